The topological polar surface area (TPSA) is 84.9 Å². The first-order valence-electron chi connectivity index (χ1n) is 9.22. The summed E-state index contributed by atoms with van der Waals surface area (Å²) in [4.78, 5) is 0.248. The van der Waals surface area contributed by atoms with Crippen LogP contribution in [0.2, 0.25) is 0 Å². The Morgan fingerprint density at radius 1 is 0.963 bits per heavy atom. The van der Waals surface area contributed by atoms with Gasteiger partial charge in [0.15, 0.2) is 11.5 Å². The van der Waals surface area contributed by atoms with E-state index < -0.39 is 16.1 Å². The fourth-order valence-electron chi connectivity index (χ4n) is 3.53. The number of benzene rings is 2. The summed E-state index contributed by atoms with van der Waals surface area (Å²) in [6.45, 7) is 0.839. The van der Waals surface area contributed by atoms with Gasteiger partial charge in [-0.25, -0.2) is 13.1 Å². The van der Waals surface area contributed by atoms with Gasteiger partial charge in [0, 0.05) is 6.54 Å². The highest BCUT2D eigenvalue weighted by atomic mass is 32.2. The van der Waals surface area contributed by atoms with Crippen molar-refractivity contribution in [2.75, 3.05) is 19.8 Å². The number of sulfonamides is 1. The van der Waals surface area contributed by atoms with Crippen molar-refractivity contribution in [1.29, 1.82) is 0 Å². The van der Waals surface area contributed by atoms with Crippen LogP contribution in [0.3, 0.4) is 0 Å². The molecule has 0 bridgehead atoms. The lowest BCUT2D eigenvalue weighted by atomic mass is 9.92. The summed E-state index contributed by atoms with van der Waals surface area (Å²) in [5.41, 5.74) is 2.92. The largest absolute Gasteiger partial charge is 0.486 e. The van der Waals surface area contributed by atoms with Gasteiger partial charge in [-0.15, -0.1) is 0 Å². The average Bonchev–Trinajstić information content (AvgIpc) is 2.71. The fourth-order valence-corrected chi connectivity index (χ4v) is 4.62. The van der Waals surface area contributed by atoms with E-state index in [1.165, 1.54) is 5.56 Å². The third-order valence-electron chi connectivity index (χ3n) is 5.05. The quantitative estimate of drug-likeness (QED) is 0.820. The Labute approximate surface area is 159 Å². The van der Waals surface area contributed by atoms with Crippen LogP contribution in [0, 0.1) is 0 Å². The van der Waals surface area contributed by atoms with E-state index in [4.69, 9.17) is 9.47 Å². The maximum atomic E-state index is 12.6. The van der Waals surface area contributed by atoms with Gasteiger partial charge in [0.2, 0.25) is 10.0 Å². The van der Waals surface area contributed by atoms with Gasteiger partial charge >= 0.3 is 0 Å². The lowest BCUT2D eigenvalue weighted by Gasteiger charge is -2.20. The Bertz CT molecular complexity index is 941. The summed E-state index contributed by atoms with van der Waals surface area (Å²) in [6.07, 6.45) is 3.18. The molecule has 2 N–H and O–H groups in total. The van der Waals surface area contributed by atoms with Crippen LogP contribution >= 0.6 is 0 Å². The van der Waals surface area contributed by atoms with Crippen LogP contribution in [-0.2, 0) is 22.9 Å². The molecule has 7 heteroatoms. The molecular formula is C20H23NO5S. The molecule has 144 valence electrons. The summed E-state index contributed by atoms with van der Waals surface area (Å²) >= 11 is 0. The van der Waals surface area contributed by atoms with Crippen molar-refractivity contribution in [2.45, 2.75) is 36.7 Å². The number of aliphatic hydroxyl groups excluding tert-OH is 1. The van der Waals surface area contributed by atoms with Crippen LogP contribution in [0.5, 0.6) is 11.5 Å². The van der Waals surface area contributed by atoms with E-state index in [1.54, 1.807) is 30.3 Å². The molecule has 1 heterocycles. The smallest absolute Gasteiger partial charge is 0.240 e. The first-order valence-corrected chi connectivity index (χ1v) is 10.7. The van der Waals surface area contributed by atoms with Crippen LogP contribution < -0.4 is 14.2 Å². The van der Waals surface area contributed by atoms with Gasteiger partial charge in [-0.3, -0.25) is 0 Å². The van der Waals surface area contributed by atoms with E-state index in [0.29, 0.717) is 30.3 Å². The molecule has 0 unspecified atom stereocenters. The number of hydrogen-bond donors (Lipinski definition) is 2. The predicted molar refractivity (Wildman–Crippen MR) is 101 cm³/mol. The first-order chi connectivity index (χ1) is 13.0. The molecule has 0 spiro atoms. The summed E-state index contributed by atoms with van der Waals surface area (Å²) < 4.78 is 38.7. The molecule has 0 radical (unpaired) electrons. The Balaban J connectivity index is 1.45. The zero-order chi connectivity index (χ0) is 18.9. The molecule has 1 aliphatic carbocycles. The molecule has 0 saturated heterocycles. The number of rotatable bonds is 5. The normalized spacial score (nSPS) is 17.2. The number of aliphatic hydroxyl groups is 1. The molecule has 0 aromatic heterocycles. The van der Waals surface area contributed by atoms with Crippen molar-refractivity contribution >= 4 is 10.0 Å². The molecular weight excluding hydrogens is 366 g/mol. The van der Waals surface area contributed by atoms with Crippen LogP contribution in [0.15, 0.2) is 41.3 Å². The molecule has 0 saturated carbocycles. The second-order valence-corrected chi connectivity index (χ2v) is 8.68. The summed E-state index contributed by atoms with van der Waals surface area (Å²) in [7, 11) is -3.68. The Morgan fingerprint density at radius 3 is 2.52 bits per heavy atom. The number of ether oxygens (including phenoxy) is 2. The molecule has 0 amide bonds. The zero-order valence-corrected chi connectivity index (χ0v) is 15.8. The van der Waals surface area contributed by atoms with Crippen LogP contribution in [0.25, 0.3) is 0 Å². The minimum atomic E-state index is -3.68. The number of hydrogen-bond acceptors (Lipinski definition) is 5. The van der Waals surface area contributed by atoms with Crippen molar-refractivity contribution in [3.8, 4) is 11.5 Å². The molecule has 4 rings (SSSR count). The molecule has 27 heavy (non-hydrogen) atoms. The third-order valence-corrected chi connectivity index (χ3v) is 6.47. The fraction of sp³-hybridized carbons (Fsp3) is 0.400. The van der Waals surface area contributed by atoms with Crippen molar-refractivity contribution in [1.82, 2.24) is 4.72 Å². The number of nitrogens with one attached hydrogen (secondary N) is 1. The highest BCUT2D eigenvalue weighted by Crippen LogP contribution is 2.32. The molecule has 1 aliphatic heterocycles. The molecule has 2 aromatic carbocycles. The standard InChI is InChI=1S/C20H23NO5S/c22-18(16-6-8-19-20(12-16)26-10-9-25-19)13-21-27(23,24)17-7-5-14-3-1-2-4-15(14)11-17/h5-8,11-12,18,21-22H,1-4,9-10,13H2/t18-/m1/s1. The van der Waals surface area contributed by atoms with E-state index in [1.807, 2.05) is 6.07 Å². The minimum absolute atomic E-state index is 0.112. The van der Waals surface area contributed by atoms with Gasteiger partial charge in [0.1, 0.15) is 13.2 Å². The number of aryl methyl sites for hydroxylation is 2. The maximum Gasteiger partial charge on any atom is 0.240 e. The van der Waals surface area contributed by atoms with Gasteiger partial charge < -0.3 is 14.6 Å². The highest BCUT2D eigenvalue weighted by Gasteiger charge is 2.20. The van der Waals surface area contributed by atoms with Crippen LogP contribution in [0.1, 0.15) is 35.6 Å². The highest BCUT2D eigenvalue weighted by molar-refractivity contribution is 7.89. The summed E-state index contributed by atoms with van der Waals surface area (Å²) in [5.74, 6) is 1.20. The predicted octanol–water partition coefficient (Wildman–Crippen LogP) is 2.35. The van der Waals surface area contributed by atoms with Crippen molar-refractivity contribution in [2.24, 2.45) is 0 Å². The van der Waals surface area contributed by atoms with Crippen molar-refractivity contribution in [3.05, 3.63) is 53.1 Å². The second kappa shape index (κ2) is 7.50. The summed E-state index contributed by atoms with van der Waals surface area (Å²) in [6, 6.07) is 10.4. The first kappa shape index (κ1) is 18.3. The van der Waals surface area contributed by atoms with E-state index in [9.17, 15) is 13.5 Å². The second-order valence-electron chi connectivity index (χ2n) is 6.91. The van der Waals surface area contributed by atoms with Gasteiger partial charge in [0.25, 0.3) is 0 Å². The molecule has 6 nitrogen and oxygen atoms in total. The monoisotopic (exact) mass is 389 g/mol. The third kappa shape index (κ3) is 3.95. The van der Waals surface area contributed by atoms with E-state index in [0.717, 1.165) is 31.2 Å². The molecule has 1 atom stereocenters. The molecule has 2 aromatic rings. The van der Waals surface area contributed by atoms with E-state index >= 15 is 0 Å². The van der Waals surface area contributed by atoms with Gasteiger partial charge in [-0.1, -0.05) is 12.1 Å². The summed E-state index contributed by atoms with van der Waals surface area (Å²) in [5, 5.41) is 10.4. The molecule has 0 fully saturated rings. The lowest BCUT2D eigenvalue weighted by Crippen LogP contribution is -2.29. The number of fused-ring (bicyclic) bond motifs is 2. The van der Waals surface area contributed by atoms with Gasteiger partial charge in [-0.05, 0) is 66.6 Å². The zero-order valence-electron chi connectivity index (χ0n) is 15.0. The maximum absolute atomic E-state index is 12.6. The van der Waals surface area contributed by atoms with Crippen LogP contribution in [0.4, 0.5) is 0 Å². The van der Waals surface area contributed by atoms with Gasteiger partial charge in [0.05, 0.1) is 11.0 Å². The average molecular weight is 389 g/mol. The Morgan fingerprint density at radius 2 is 1.70 bits per heavy atom. The van der Waals surface area contributed by atoms with Crippen molar-refractivity contribution in [3.63, 3.8) is 0 Å². The van der Waals surface area contributed by atoms with E-state index in [-0.39, 0.29) is 11.4 Å². The van der Waals surface area contributed by atoms with Crippen molar-refractivity contribution < 1.29 is 23.0 Å². The minimum Gasteiger partial charge on any atom is -0.486 e. The Hall–Kier alpha value is -2.09. The SMILES string of the molecule is O=S(=O)(NC[C@@H](O)c1ccc2c(c1)OCCO2)c1ccc2c(c1)CCCC2. The van der Waals surface area contributed by atoms with E-state index in [2.05, 4.69) is 4.72 Å². The lowest BCUT2D eigenvalue weighted by molar-refractivity contribution is 0.165. The van der Waals surface area contributed by atoms with Crippen LogP contribution in [-0.4, -0.2) is 33.3 Å². The van der Waals surface area contributed by atoms with Gasteiger partial charge in [-0.2, -0.15) is 0 Å². The Kier molecular flexibility index (Phi) is 5.08. The molecule has 2 aliphatic rings.